The van der Waals surface area contributed by atoms with Gasteiger partial charge in [-0.15, -0.1) is 24.0 Å². The molecule has 2 rings (SSSR count). The number of aryl methyl sites for hydroxylation is 1. The fourth-order valence-corrected chi connectivity index (χ4v) is 2.65. The van der Waals surface area contributed by atoms with E-state index in [1.165, 1.54) is 0 Å². The first kappa shape index (κ1) is 25.9. The normalized spacial score (nSPS) is 14.3. The second kappa shape index (κ2) is 11.9. The van der Waals surface area contributed by atoms with E-state index in [1.54, 1.807) is 11.0 Å². The lowest BCUT2D eigenvalue weighted by atomic mass is 10.1. The number of hydrogen-bond donors (Lipinski definition) is 3. The molecule has 1 aromatic heterocycles. The van der Waals surface area contributed by atoms with Gasteiger partial charge in [-0.25, -0.2) is 9.78 Å². The van der Waals surface area contributed by atoms with Gasteiger partial charge in [0.25, 0.3) is 0 Å². The van der Waals surface area contributed by atoms with Crippen molar-refractivity contribution in [1.29, 1.82) is 0 Å². The molecule has 3 N–H and O–H groups in total. The van der Waals surface area contributed by atoms with Gasteiger partial charge in [0.15, 0.2) is 5.96 Å². The number of guanidine groups is 1. The zero-order valence-corrected chi connectivity index (χ0v) is 20.6. The molecule has 0 aliphatic carbocycles. The number of aliphatic imine (C=N–C) groups is 1. The van der Waals surface area contributed by atoms with Crippen LogP contribution in [0.3, 0.4) is 0 Å². The number of amides is 2. The Hall–Kier alpha value is -2.11. The van der Waals surface area contributed by atoms with E-state index < -0.39 is 5.60 Å². The molecule has 2 amide bonds. The first-order valence-electron chi connectivity index (χ1n) is 9.92. The predicted octanol–water partition coefficient (Wildman–Crippen LogP) is 2.51. The summed E-state index contributed by atoms with van der Waals surface area (Å²) in [6.45, 7) is 11.5. The summed E-state index contributed by atoms with van der Waals surface area (Å²) in [6.07, 6.45) is -0.0557. The standard InChI is InChI=1S/C20H32N6O3.HI/c1-6-21-18(24-15-12-26(13-15)19(28)29-20(3,4)5)22-11-10-17(27)25-16-9-7-8-14(2)23-16;/h7-9,15H,6,10-13H2,1-5H3,(H2,21,22,24)(H,23,25,27);1H. The van der Waals surface area contributed by atoms with Crippen LogP contribution in [0.5, 0.6) is 0 Å². The monoisotopic (exact) mass is 532 g/mol. The lowest BCUT2D eigenvalue weighted by Crippen LogP contribution is -2.63. The Labute approximate surface area is 195 Å². The van der Waals surface area contributed by atoms with Gasteiger partial charge in [-0.1, -0.05) is 6.07 Å². The minimum absolute atomic E-state index is 0. The first-order chi connectivity index (χ1) is 13.7. The molecule has 0 saturated carbocycles. The van der Waals surface area contributed by atoms with Crippen molar-refractivity contribution in [3.8, 4) is 0 Å². The maximum Gasteiger partial charge on any atom is 0.410 e. The molecule has 0 bridgehead atoms. The first-order valence-corrected chi connectivity index (χ1v) is 9.92. The summed E-state index contributed by atoms with van der Waals surface area (Å²) in [5, 5.41) is 9.20. The second-order valence-electron chi connectivity index (χ2n) is 7.95. The lowest BCUT2D eigenvalue weighted by Gasteiger charge is -2.40. The highest BCUT2D eigenvalue weighted by molar-refractivity contribution is 14.0. The Kier molecular flexibility index (Phi) is 10.3. The van der Waals surface area contributed by atoms with Crippen molar-refractivity contribution in [1.82, 2.24) is 20.5 Å². The molecule has 1 aromatic rings. The van der Waals surface area contributed by atoms with Crippen LogP contribution in [-0.2, 0) is 9.53 Å². The number of hydrogen-bond acceptors (Lipinski definition) is 5. The summed E-state index contributed by atoms with van der Waals surface area (Å²) in [6, 6.07) is 5.58. The number of halogens is 1. The van der Waals surface area contributed by atoms with Crippen LogP contribution >= 0.6 is 24.0 Å². The highest BCUT2D eigenvalue weighted by Crippen LogP contribution is 2.15. The van der Waals surface area contributed by atoms with E-state index in [1.807, 2.05) is 46.8 Å². The average molecular weight is 532 g/mol. The van der Waals surface area contributed by atoms with E-state index >= 15 is 0 Å². The Bertz CT molecular complexity index is 744. The van der Waals surface area contributed by atoms with Crippen LogP contribution in [0.15, 0.2) is 23.2 Å². The van der Waals surface area contributed by atoms with E-state index in [2.05, 4.69) is 25.9 Å². The zero-order valence-electron chi connectivity index (χ0n) is 18.3. The van der Waals surface area contributed by atoms with E-state index in [4.69, 9.17) is 4.74 Å². The highest BCUT2D eigenvalue weighted by atomic mass is 127. The van der Waals surface area contributed by atoms with Crippen molar-refractivity contribution in [3.05, 3.63) is 23.9 Å². The molecular formula is C20H33IN6O3. The molecule has 9 nitrogen and oxygen atoms in total. The maximum atomic E-state index is 12.1. The van der Waals surface area contributed by atoms with Gasteiger partial charge >= 0.3 is 6.09 Å². The molecule has 30 heavy (non-hydrogen) atoms. The third kappa shape index (κ3) is 9.14. The maximum absolute atomic E-state index is 12.1. The molecule has 10 heteroatoms. The van der Waals surface area contributed by atoms with Crippen molar-refractivity contribution in [3.63, 3.8) is 0 Å². The third-order valence-corrected chi connectivity index (χ3v) is 3.98. The van der Waals surface area contributed by atoms with Crippen LogP contribution < -0.4 is 16.0 Å². The number of anilines is 1. The van der Waals surface area contributed by atoms with Gasteiger partial charge in [-0.3, -0.25) is 9.79 Å². The number of carbonyl (C=O) groups excluding carboxylic acids is 2. The van der Waals surface area contributed by atoms with Gasteiger partial charge in [0.2, 0.25) is 5.91 Å². The summed E-state index contributed by atoms with van der Waals surface area (Å²) < 4.78 is 5.35. The summed E-state index contributed by atoms with van der Waals surface area (Å²) in [5.41, 5.74) is 0.348. The van der Waals surface area contributed by atoms with E-state index in [-0.39, 0.29) is 48.4 Å². The summed E-state index contributed by atoms with van der Waals surface area (Å²) in [7, 11) is 0. The van der Waals surface area contributed by atoms with Crippen molar-refractivity contribution in [2.24, 2.45) is 4.99 Å². The van der Waals surface area contributed by atoms with Crippen LogP contribution in [0.1, 0.15) is 39.8 Å². The molecular weight excluding hydrogens is 499 g/mol. The molecule has 168 valence electrons. The van der Waals surface area contributed by atoms with Gasteiger partial charge < -0.3 is 25.6 Å². The molecule has 1 aliphatic rings. The van der Waals surface area contributed by atoms with Crippen LogP contribution in [0.2, 0.25) is 0 Å². The van der Waals surface area contributed by atoms with Crippen molar-refractivity contribution >= 4 is 47.8 Å². The number of aromatic nitrogens is 1. The largest absolute Gasteiger partial charge is 0.444 e. The number of carbonyl (C=O) groups is 2. The minimum atomic E-state index is -0.499. The van der Waals surface area contributed by atoms with E-state index in [9.17, 15) is 9.59 Å². The molecule has 0 aromatic carbocycles. The molecule has 1 aliphatic heterocycles. The molecule has 1 saturated heterocycles. The van der Waals surface area contributed by atoms with E-state index in [0.29, 0.717) is 38.0 Å². The van der Waals surface area contributed by atoms with Gasteiger partial charge in [-0.05, 0) is 46.8 Å². The third-order valence-electron chi connectivity index (χ3n) is 3.98. The van der Waals surface area contributed by atoms with Crippen LogP contribution in [0.4, 0.5) is 10.6 Å². The number of nitrogens with zero attached hydrogens (tertiary/aromatic N) is 3. The lowest BCUT2D eigenvalue weighted by molar-refractivity contribution is -0.116. The Morgan fingerprint density at radius 3 is 2.60 bits per heavy atom. The van der Waals surface area contributed by atoms with Gasteiger partial charge in [-0.2, -0.15) is 0 Å². The fraction of sp³-hybridized carbons (Fsp3) is 0.600. The summed E-state index contributed by atoms with van der Waals surface area (Å²) >= 11 is 0. The van der Waals surface area contributed by atoms with Crippen molar-refractivity contribution < 1.29 is 14.3 Å². The fourth-order valence-electron chi connectivity index (χ4n) is 2.65. The van der Waals surface area contributed by atoms with Crippen LogP contribution in [0.25, 0.3) is 0 Å². The Morgan fingerprint density at radius 1 is 1.30 bits per heavy atom. The molecule has 0 spiro atoms. The average Bonchev–Trinajstić information content (AvgIpc) is 2.55. The number of pyridine rings is 1. The zero-order chi connectivity index (χ0) is 21.4. The SMILES string of the molecule is CCNC(=NCCC(=O)Nc1cccc(C)n1)NC1CN(C(=O)OC(C)(C)C)C1.I. The van der Waals surface area contributed by atoms with Gasteiger partial charge in [0.1, 0.15) is 11.4 Å². The number of ether oxygens (including phenoxy) is 1. The van der Waals surface area contributed by atoms with Gasteiger partial charge in [0, 0.05) is 31.7 Å². The summed E-state index contributed by atoms with van der Waals surface area (Å²) in [4.78, 5) is 34.4. The predicted molar refractivity (Wildman–Crippen MR) is 128 cm³/mol. The van der Waals surface area contributed by atoms with Crippen LogP contribution in [-0.4, -0.2) is 65.7 Å². The quantitative estimate of drug-likeness (QED) is 0.295. The molecule has 1 fully saturated rings. The molecule has 0 radical (unpaired) electrons. The minimum Gasteiger partial charge on any atom is -0.444 e. The highest BCUT2D eigenvalue weighted by Gasteiger charge is 2.34. The molecule has 0 atom stereocenters. The Morgan fingerprint density at radius 2 is 2.00 bits per heavy atom. The number of likely N-dealkylation sites (tertiary alicyclic amines) is 1. The number of nitrogens with one attached hydrogen (secondary N) is 3. The van der Waals surface area contributed by atoms with Gasteiger partial charge in [0.05, 0.1) is 12.6 Å². The second-order valence-corrected chi connectivity index (χ2v) is 7.95. The van der Waals surface area contributed by atoms with E-state index in [0.717, 1.165) is 5.69 Å². The van der Waals surface area contributed by atoms with Crippen molar-refractivity contribution in [2.45, 2.75) is 52.7 Å². The van der Waals surface area contributed by atoms with Crippen LogP contribution in [0, 0.1) is 6.92 Å². The topological polar surface area (TPSA) is 108 Å². The van der Waals surface area contributed by atoms with Crippen molar-refractivity contribution in [2.75, 3.05) is 31.5 Å². The molecule has 0 unspecified atom stereocenters. The Balaban J connectivity index is 0.00000450. The summed E-state index contributed by atoms with van der Waals surface area (Å²) in [5.74, 6) is 1.03. The molecule has 2 heterocycles. The smallest absolute Gasteiger partial charge is 0.410 e. The number of rotatable bonds is 6.